The second-order valence-corrected chi connectivity index (χ2v) is 9.20. The molecule has 0 bridgehead atoms. The summed E-state index contributed by atoms with van der Waals surface area (Å²) in [6.07, 6.45) is 1.71. The minimum Gasteiger partial charge on any atom is -0.382 e. The maximum absolute atomic E-state index is 12.0. The molecule has 0 spiro atoms. The molecule has 0 unspecified atom stereocenters. The molecule has 136 valence electrons. The Kier molecular flexibility index (Phi) is 6.07. The predicted octanol–water partition coefficient (Wildman–Crippen LogP) is 0.413. The Balaban J connectivity index is 1.99. The molecule has 1 aromatic carbocycles. The summed E-state index contributed by atoms with van der Waals surface area (Å²) in [6, 6.07) is 4.85. The number of rotatable bonds is 9. The third kappa shape index (κ3) is 5.07. The van der Waals surface area contributed by atoms with Crippen molar-refractivity contribution in [1.29, 1.82) is 0 Å². The number of fused-ring (bicyclic) bond motifs is 1. The topological polar surface area (TPSA) is 102 Å². The fourth-order valence-corrected chi connectivity index (χ4v) is 4.31. The summed E-state index contributed by atoms with van der Waals surface area (Å²) in [5.41, 5.74) is 1.82. The van der Waals surface area contributed by atoms with Crippen LogP contribution in [0.5, 0.6) is 0 Å². The van der Waals surface area contributed by atoms with Gasteiger partial charge in [0.15, 0.2) is 0 Å². The summed E-state index contributed by atoms with van der Waals surface area (Å²) in [6.45, 7) is 1.20. The number of benzene rings is 1. The van der Waals surface area contributed by atoms with Gasteiger partial charge in [-0.05, 0) is 30.2 Å². The van der Waals surface area contributed by atoms with Crippen LogP contribution in [0.15, 0.2) is 18.2 Å². The maximum Gasteiger partial charge on any atom is 0.234 e. The van der Waals surface area contributed by atoms with E-state index in [0.717, 1.165) is 11.8 Å². The van der Waals surface area contributed by atoms with Gasteiger partial charge in [0.2, 0.25) is 20.0 Å². The molecule has 0 fully saturated rings. The van der Waals surface area contributed by atoms with Gasteiger partial charge in [0.1, 0.15) is 0 Å². The van der Waals surface area contributed by atoms with E-state index in [1.807, 2.05) is 0 Å². The van der Waals surface area contributed by atoms with Crippen molar-refractivity contribution in [3.05, 3.63) is 23.8 Å². The molecule has 24 heavy (non-hydrogen) atoms. The average molecular weight is 378 g/mol. The van der Waals surface area contributed by atoms with Crippen molar-refractivity contribution >= 4 is 31.4 Å². The Morgan fingerprint density at radius 2 is 1.92 bits per heavy atom. The quantitative estimate of drug-likeness (QED) is 0.625. The molecule has 1 N–H and O–H groups in total. The van der Waals surface area contributed by atoms with E-state index in [0.29, 0.717) is 37.6 Å². The molecule has 0 saturated carbocycles. The van der Waals surface area contributed by atoms with E-state index in [9.17, 15) is 16.8 Å². The van der Waals surface area contributed by atoms with Crippen LogP contribution in [0.4, 0.5) is 11.4 Å². The lowest BCUT2D eigenvalue weighted by molar-refractivity contribution is 0.0785. The number of nitrogens with zero attached hydrogens (tertiary/aromatic N) is 1. The molecule has 0 atom stereocenters. The van der Waals surface area contributed by atoms with Crippen LogP contribution in [-0.4, -0.2) is 62.3 Å². The maximum atomic E-state index is 12.0. The van der Waals surface area contributed by atoms with Crippen molar-refractivity contribution in [3.8, 4) is 0 Å². The number of sulfonamides is 2. The fourth-order valence-electron chi connectivity index (χ4n) is 2.42. The SMILES string of the molecule is COCCOCCS(=O)(=O)Nc1ccc2c(c1)CCN2S(C)(=O)=O. The summed E-state index contributed by atoms with van der Waals surface area (Å²) in [5.74, 6) is -0.163. The second kappa shape index (κ2) is 7.68. The molecule has 0 radical (unpaired) electrons. The number of hydrogen-bond donors (Lipinski definition) is 1. The van der Waals surface area contributed by atoms with E-state index >= 15 is 0 Å². The molecule has 8 nitrogen and oxygen atoms in total. The molecule has 10 heteroatoms. The molecular weight excluding hydrogens is 356 g/mol. The molecule has 1 heterocycles. The third-order valence-electron chi connectivity index (χ3n) is 3.53. The minimum absolute atomic E-state index is 0.0749. The van der Waals surface area contributed by atoms with Gasteiger partial charge < -0.3 is 9.47 Å². The van der Waals surface area contributed by atoms with Crippen LogP contribution in [0, 0.1) is 0 Å². The van der Waals surface area contributed by atoms with Crippen molar-refractivity contribution in [1.82, 2.24) is 0 Å². The van der Waals surface area contributed by atoms with Gasteiger partial charge in [-0.3, -0.25) is 9.03 Å². The number of hydrogen-bond acceptors (Lipinski definition) is 6. The second-order valence-electron chi connectivity index (χ2n) is 5.45. The van der Waals surface area contributed by atoms with Gasteiger partial charge in [-0.2, -0.15) is 0 Å². The Morgan fingerprint density at radius 1 is 1.17 bits per heavy atom. The Morgan fingerprint density at radius 3 is 2.58 bits per heavy atom. The highest BCUT2D eigenvalue weighted by atomic mass is 32.2. The van der Waals surface area contributed by atoms with Crippen LogP contribution < -0.4 is 9.03 Å². The zero-order chi connectivity index (χ0) is 17.8. The average Bonchev–Trinajstić information content (AvgIpc) is 2.89. The van der Waals surface area contributed by atoms with Crippen molar-refractivity contribution in [2.45, 2.75) is 6.42 Å². The van der Waals surface area contributed by atoms with Crippen molar-refractivity contribution in [2.24, 2.45) is 0 Å². The summed E-state index contributed by atoms with van der Waals surface area (Å²) in [7, 11) is -5.30. The summed E-state index contributed by atoms with van der Waals surface area (Å²) in [4.78, 5) is 0. The lowest BCUT2D eigenvalue weighted by atomic mass is 10.1. The molecule has 0 saturated heterocycles. The number of methoxy groups -OCH3 is 1. The first-order chi connectivity index (χ1) is 11.2. The summed E-state index contributed by atoms with van der Waals surface area (Å²) < 4.78 is 61.2. The van der Waals surface area contributed by atoms with Crippen LogP contribution in [0.3, 0.4) is 0 Å². The largest absolute Gasteiger partial charge is 0.382 e. The van der Waals surface area contributed by atoms with E-state index in [2.05, 4.69) is 4.72 Å². The monoisotopic (exact) mass is 378 g/mol. The lowest BCUT2D eigenvalue weighted by Crippen LogP contribution is -2.27. The Bertz CT molecular complexity index is 776. The van der Waals surface area contributed by atoms with E-state index in [1.54, 1.807) is 25.3 Å². The minimum atomic E-state index is -3.53. The number of nitrogens with one attached hydrogen (secondary N) is 1. The first kappa shape index (κ1) is 19.0. The van der Waals surface area contributed by atoms with Gasteiger partial charge >= 0.3 is 0 Å². The summed E-state index contributed by atoms with van der Waals surface area (Å²) >= 11 is 0. The molecule has 1 aromatic rings. The molecular formula is C14H22N2O6S2. The molecule has 0 aliphatic carbocycles. The fraction of sp³-hybridized carbons (Fsp3) is 0.571. The highest BCUT2D eigenvalue weighted by Gasteiger charge is 2.26. The highest BCUT2D eigenvalue weighted by molar-refractivity contribution is 7.92. The molecule has 2 rings (SSSR count). The van der Waals surface area contributed by atoms with Crippen LogP contribution in [0.1, 0.15) is 5.56 Å². The lowest BCUT2D eigenvalue weighted by Gasteiger charge is -2.16. The normalized spacial score (nSPS) is 14.7. The van der Waals surface area contributed by atoms with Crippen molar-refractivity contribution in [3.63, 3.8) is 0 Å². The van der Waals surface area contributed by atoms with Gasteiger partial charge in [-0.1, -0.05) is 0 Å². The van der Waals surface area contributed by atoms with Crippen LogP contribution in [0.25, 0.3) is 0 Å². The van der Waals surface area contributed by atoms with E-state index in [1.165, 1.54) is 4.31 Å². The van der Waals surface area contributed by atoms with Gasteiger partial charge in [-0.25, -0.2) is 16.8 Å². The predicted molar refractivity (Wildman–Crippen MR) is 92.4 cm³/mol. The zero-order valence-electron chi connectivity index (χ0n) is 13.7. The van der Waals surface area contributed by atoms with Crippen LogP contribution in [0.2, 0.25) is 0 Å². The van der Waals surface area contributed by atoms with Gasteiger partial charge in [0, 0.05) is 19.3 Å². The smallest absolute Gasteiger partial charge is 0.234 e. The summed E-state index contributed by atoms with van der Waals surface area (Å²) in [5, 5.41) is 0. The van der Waals surface area contributed by atoms with Gasteiger partial charge in [0.25, 0.3) is 0 Å². The van der Waals surface area contributed by atoms with Crippen molar-refractivity contribution < 1.29 is 26.3 Å². The standard InChI is InChI=1S/C14H22N2O6S2/c1-21-7-8-22-9-10-24(19,20)15-13-3-4-14-12(11-13)5-6-16(14)23(2,17)18/h3-4,11,15H,5-10H2,1-2H3. The van der Waals surface area contributed by atoms with Gasteiger partial charge in [-0.15, -0.1) is 0 Å². The zero-order valence-corrected chi connectivity index (χ0v) is 15.3. The molecule has 0 aromatic heterocycles. The molecule has 1 aliphatic heterocycles. The third-order valence-corrected chi connectivity index (χ3v) is 5.97. The van der Waals surface area contributed by atoms with Crippen molar-refractivity contribution in [2.75, 3.05) is 54.5 Å². The van der Waals surface area contributed by atoms with E-state index in [4.69, 9.17) is 9.47 Å². The van der Waals surface area contributed by atoms with Crippen LogP contribution in [-0.2, 0) is 35.9 Å². The van der Waals surface area contributed by atoms with E-state index < -0.39 is 20.0 Å². The van der Waals surface area contributed by atoms with E-state index in [-0.39, 0.29) is 12.4 Å². The van der Waals surface area contributed by atoms with Gasteiger partial charge in [0.05, 0.1) is 37.5 Å². The van der Waals surface area contributed by atoms with Crippen LogP contribution >= 0.6 is 0 Å². The first-order valence-electron chi connectivity index (χ1n) is 7.41. The number of anilines is 2. The Labute approximate surface area is 142 Å². The highest BCUT2D eigenvalue weighted by Crippen LogP contribution is 2.32. The molecule has 0 amide bonds. The molecule has 1 aliphatic rings. The number of ether oxygens (including phenoxy) is 2. The first-order valence-corrected chi connectivity index (χ1v) is 10.9. The Hall–Kier alpha value is -1.36.